The van der Waals surface area contributed by atoms with Crippen LogP contribution in [0.25, 0.3) is 0 Å². The van der Waals surface area contributed by atoms with Crippen molar-refractivity contribution in [2.45, 2.75) is 0 Å². The molecule has 2 radical (unpaired) electrons. The predicted molar refractivity (Wildman–Crippen MR) is 0 cm³/mol. The molecule has 0 fully saturated rings. The first-order valence-electron chi connectivity index (χ1n) is 0. The van der Waals surface area contributed by atoms with Gasteiger partial charge in [-0.25, -0.2) is 0 Å². The Labute approximate surface area is 77.7 Å². The topological polar surface area (TPSA) is 0 Å². The molecule has 0 aromatic rings. The van der Waals surface area contributed by atoms with Crippen LogP contribution in [0.3, 0.4) is 0 Å². The van der Waals surface area contributed by atoms with E-state index in [1.807, 2.05) is 0 Å². The normalized spacial score (nSPS) is 0. The average Bonchev–Trinajstić information content (AvgIpc) is 0. The van der Waals surface area contributed by atoms with E-state index in [1.54, 1.807) is 0 Å². The molecule has 0 aliphatic rings. The summed E-state index contributed by atoms with van der Waals surface area (Å²) in [4.78, 5) is 0. The van der Waals surface area contributed by atoms with Gasteiger partial charge >= 0.3 is 0 Å². The largest absolute Gasteiger partial charge is 0 e. The summed E-state index contributed by atoms with van der Waals surface area (Å²) in [7, 11) is 0. The van der Waals surface area contributed by atoms with Gasteiger partial charge in [0, 0.05) is 78.8 Å². The molecule has 0 saturated heterocycles. The zero-order chi connectivity index (χ0) is 0. The molecule has 0 amide bonds. The standard InChI is InChI=1S/Au.Ni.Re.Ru. The van der Waals surface area contributed by atoms with E-state index in [0.717, 1.165) is 0 Å². The van der Waals surface area contributed by atoms with Crippen molar-refractivity contribution in [2.24, 2.45) is 0 Å². The minimum atomic E-state index is 0. The van der Waals surface area contributed by atoms with E-state index in [4.69, 9.17) is 0 Å². The summed E-state index contributed by atoms with van der Waals surface area (Å²) >= 11 is 0. The molecule has 4 heavy (non-hydrogen) atoms. The van der Waals surface area contributed by atoms with Crippen molar-refractivity contribution < 1.29 is 78.8 Å². The number of hydrogen-bond donors (Lipinski definition) is 0. The molecule has 0 aromatic heterocycles. The van der Waals surface area contributed by atoms with E-state index in [2.05, 4.69) is 0 Å². The molecule has 0 aliphatic carbocycles. The third-order valence-corrected chi connectivity index (χ3v) is 0. The predicted octanol–water partition coefficient (Wildman–Crippen LogP) is -0.0100. The smallest absolute Gasteiger partial charge is 0 e. The quantitative estimate of drug-likeness (QED) is 0.378. The van der Waals surface area contributed by atoms with Gasteiger partial charge in [0.05, 0.1) is 0 Å². The Bertz CT molecular complexity index is 8.00. The van der Waals surface area contributed by atoms with Crippen molar-refractivity contribution in [2.75, 3.05) is 0 Å². The molecule has 0 atom stereocenters. The summed E-state index contributed by atoms with van der Waals surface area (Å²) in [5, 5.41) is 0. The van der Waals surface area contributed by atoms with E-state index in [0.29, 0.717) is 0 Å². The van der Waals surface area contributed by atoms with Gasteiger partial charge in [-0.15, -0.1) is 0 Å². The number of hydrogen-bond acceptors (Lipinski definition) is 0. The van der Waals surface area contributed by atoms with Crippen molar-refractivity contribution in [1.29, 1.82) is 0 Å². The molecule has 0 heterocycles. The van der Waals surface area contributed by atoms with E-state index in [1.165, 1.54) is 0 Å². The summed E-state index contributed by atoms with van der Waals surface area (Å²) in [6.45, 7) is 0. The van der Waals surface area contributed by atoms with Crippen LogP contribution in [0.5, 0.6) is 0 Å². The van der Waals surface area contributed by atoms with Crippen molar-refractivity contribution in [1.82, 2.24) is 0 Å². The van der Waals surface area contributed by atoms with E-state index >= 15 is 0 Å². The summed E-state index contributed by atoms with van der Waals surface area (Å²) in [6, 6.07) is 0. The molecule has 0 saturated carbocycles. The molecule has 0 unspecified atom stereocenters. The van der Waals surface area contributed by atoms with E-state index < -0.39 is 0 Å². The van der Waals surface area contributed by atoms with Crippen LogP contribution in [0.2, 0.25) is 0 Å². The first-order valence-corrected chi connectivity index (χ1v) is 0. The molecule has 4 heteroatoms. The fourth-order valence-corrected chi connectivity index (χ4v) is 0. The second-order valence-corrected chi connectivity index (χ2v) is 0. The van der Waals surface area contributed by atoms with Crippen LogP contribution in [-0.2, 0) is 78.8 Å². The van der Waals surface area contributed by atoms with Gasteiger partial charge in [0.25, 0.3) is 0 Å². The molecule has 0 bridgehead atoms. The van der Waals surface area contributed by atoms with Gasteiger partial charge in [0.2, 0.25) is 0 Å². The minimum absolute atomic E-state index is 0. The van der Waals surface area contributed by atoms with Gasteiger partial charge in [-0.05, 0) is 0 Å². The van der Waals surface area contributed by atoms with Crippen molar-refractivity contribution in [3.8, 4) is 0 Å². The van der Waals surface area contributed by atoms with Crippen LogP contribution >= 0.6 is 0 Å². The van der Waals surface area contributed by atoms with Gasteiger partial charge in [0.1, 0.15) is 0 Å². The van der Waals surface area contributed by atoms with Crippen LogP contribution in [0.4, 0.5) is 0 Å². The molecular formula is AuNiReRu. The summed E-state index contributed by atoms with van der Waals surface area (Å²) in [6.07, 6.45) is 0. The van der Waals surface area contributed by atoms with Gasteiger partial charge in [-0.2, -0.15) is 0 Å². The average molecular weight is 543 g/mol. The second-order valence-electron chi connectivity index (χ2n) is 0. The first kappa shape index (κ1) is 31.3. The van der Waals surface area contributed by atoms with Crippen molar-refractivity contribution in [3.63, 3.8) is 0 Å². The van der Waals surface area contributed by atoms with Gasteiger partial charge in [0.15, 0.2) is 0 Å². The minimum Gasteiger partial charge on any atom is 0 e. The summed E-state index contributed by atoms with van der Waals surface area (Å²) < 4.78 is 0. The Balaban J connectivity index is 0. The maximum Gasteiger partial charge on any atom is 0 e. The van der Waals surface area contributed by atoms with Crippen LogP contribution in [0.1, 0.15) is 0 Å². The van der Waals surface area contributed by atoms with Crippen molar-refractivity contribution in [3.05, 3.63) is 0 Å². The van der Waals surface area contributed by atoms with Gasteiger partial charge < -0.3 is 0 Å². The first-order chi connectivity index (χ1) is 0. The Morgan fingerprint density at radius 1 is 1.00 bits per heavy atom. The zero-order valence-corrected chi connectivity index (χ0v) is 8.96. The Morgan fingerprint density at radius 2 is 1.00 bits per heavy atom. The third kappa shape index (κ3) is 8.82. The molecule has 0 N–H and O–H groups in total. The maximum atomic E-state index is 0. The maximum absolute atomic E-state index is 0. The van der Waals surface area contributed by atoms with Crippen LogP contribution in [0, 0.1) is 0 Å². The monoisotopic (exact) mass is 544 g/mol. The van der Waals surface area contributed by atoms with Crippen molar-refractivity contribution >= 4 is 0 Å². The fourth-order valence-electron chi connectivity index (χ4n) is 0. The Morgan fingerprint density at radius 3 is 1.00 bits per heavy atom. The fraction of sp³-hybridized carbons (Fsp3) is 0. The zero-order valence-electron chi connectivity index (χ0n) is 1.35. The second kappa shape index (κ2) is 17.8. The molecule has 0 rings (SSSR count). The summed E-state index contributed by atoms with van der Waals surface area (Å²) in [5.41, 5.74) is 0. The number of rotatable bonds is 0. The molecule has 0 aliphatic heterocycles. The van der Waals surface area contributed by atoms with E-state index in [-0.39, 0.29) is 78.8 Å². The molecule has 0 spiro atoms. The van der Waals surface area contributed by atoms with Crippen LogP contribution < -0.4 is 0 Å². The third-order valence-electron chi connectivity index (χ3n) is 0. The summed E-state index contributed by atoms with van der Waals surface area (Å²) in [5.74, 6) is 0. The van der Waals surface area contributed by atoms with E-state index in [9.17, 15) is 0 Å². The molecule has 36 valence electrons. The Hall–Kier alpha value is 2.52. The van der Waals surface area contributed by atoms with Gasteiger partial charge in [-0.3, -0.25) is 0 Å². The van der Waals surface area contributed by atoms with Gasteiger partial charge in [-0.1, -0.05) is 0 Å². The molecular weight excluding hydrogens is 543 g/mol. The molecule has 0 nitrogen and oxygen atoms in total. The Kier molecular flexibility index (Phi) is 139. The SMILES string of the molecule is [Au].[Ni].[Re].[Ru]. The van der Waals surface area contributed by atoms with Crippen LogP contribution in [-0.4, -0.2) is 0 Å². The molecule has 0 aromatic carbocycles. The van der Waals surface area contributed by atoms with Crippen LogP contribution in [0.15, 0.2) is 0 Å².